The van der Waals surface area contributed by atoms with Gasteiger partial charge in [-0.3, -0.25) is 9.59 Å². The minimum atomic E-state index is -0.296. The van der Waals surface area contributed by atoms with E-state index in [4.69, 9.17) is 4.74 Å². The predicted molar refractivity (Wildman–Crippen MR) is 90.1 cm³/mol. The number of phenolic OH excluding ortho intramolecular Hbond substituents is 1. The third-order valence-corrected chi connectivity index (χ3v) is 3.36. The summed E-state index contributed by atoms with van der Waals surface area (Å²) in [5.41, 5.74) is 1.26. The molecule has 0 aliphatic rings. The number of benzene rings is 2. The van der Waals surface area contributed by atoms with E-state index in [2.05, 4.69) is 10.6 Å². The molecule has 0 heterocycles. The van der Waals surface area contributed by atoms with Crippen molar-refractivity contribution >= 4 is 11.8 Å². The molecule has 0 saturated carbocycles. The zero-order valence-corrected chi connectivity index (χ0v) is 13.4. The Morgan fingerprint density at radius 2 is 1.75 bits per heavy atom. The summed E-state index contributed by atoms with van der Waals surface area (Å²) in [5.74, 6) is 0.367. The molecule has 126 valence electrons. The fourth-order valence-corrected chi connectivity index (χ4v) is 2.12. The fourth-order valence-electron chi connectivity index (χ4n) is 2.12. The van der Waals surface area contributed by atoms with Gasteiger partial charge in [0.15, 0.2) is 0 Å². The number of nitrogens with one attached hydrogen (secondary N) is 2. The van der Waals surface area contributed by atoms with E-state index in [0.717, 1.165) is 11.3 Å². The van der Waals surface area contributed by atoms with Gasteiger partial charge >= 0.3 is 0 Å². The van der Waals surface area contributed by atoms with E-state index in [-0.39, 0.29) is 24.0 Å². The van der Waals surface area contributed by atoms with Gasteiger partial charge < -0.3 is 20.5 Å². The second-order valence-electron chi connectivity index (χ2n) is 5.18. The zero-order valence-electron chi connectivity index (χ0n) is 13.4. The molecule has 0 fully saturated rings. The van der Waals surface area contributed by atoms with Crippen LogP contribution in [0.25, 0.3) is 0 Å². The summed E-state index contributed by atoms with van der Waals surface area (Å²) in [5, 5.41) is 14.8. The number of aromatic hydroxyl groups is 1. The smallest absolute Gasteiger partial charge is 0.251 e. The Hall–Kier alpha value is -3.02. The lowest BCUT2D eigenvalue weighted by Crippen LogP contribution is -2.35. The first kappa shape index (κ1) is 17.3. The number of hydrogen-bond acceptors (Lipinski definition) is 4. The van der Waals surface area contributed by atoms with Crippen molar-refractivity contribution in [1.82, 2.24) is 10.6 Å². The van der Waals surface area contributed by atoms with Crippen LogP contribution in [0.3, 0.4) is 0 Å². The largest absolute Gasteiger partial charge is 0.508 e. The Kier molecular flexibility index (Phi) is 6.19. The quantitative estimate of drug-likeness (QED) is 0.672. The molecule has 0 bridgehead atoms. The Morgan fingerprint density at radius 3 is 2.42 bits per heavy atom. The number of carbonyl (C=O) groups is 2. The maximum Gasteiger partial charge on any atom is 0.251 e. The molecule has 24 heavy (non-hydrogen) atoms. The van der Waals surface area contributed by atoms with Crippen molar-refractivity contribution in [2.45, 2.75) is 6.42 Å². The predicted octanol–water partition coefficient (Wildman–Crippen LogP) is 1.49. The summed E-state index contributed by atoms with van der Waals surface area (Å²) in [6, 6.07) is 13.4. The molecule has 0 radical (unpaired) electrons. The molecular formula is C18H20N2O4. The minimum absolute atomic E-state index is 0.0374. The van der Waals surface area contributed by atoms with Gasteiger partial charge in [0.1, 0.15) is 11.5 Å². The topological polar surface area (TPSA) is 87.7 Å². The Morgan fingerprint density at radius 1 is 1.04 bits per heavy atom. The number of carbonyl (C=O) groups excluding carboxylic acids is 2. The van der Waals surface area contributed by atoms with Crippen molar-refractivity contribution in [2.24, 2.45) is 0 Å². The standard InChI is InChI=1S/C18H20N2O4/c1-24-16-7-5-13(6-8-16)11-17(22)19-9-10-20-18(23)14-3-2-4-15(21)12-14/h2-8,12,21H,9-11H2,1H3,(H,19,22)(H,20,23). The van der Waals surface area contributed by atoms with Crippen LogP contribution < -0.4 is 15.4 Å². The molecule has 2 amide bonds. The summed E-state index contributed by atoms with van der Waals surface area (Å²) in [6.07, 6.45) is 0.268. The van der Waals surface area contributed by atoms with E-state index < -0.39 is 0 Å². The van der Waals surface area contributed by atoms with Gasteiger partial charge in [-0.05, 0) is 35.9 Å². The number of phenols is 1. The normalized spacial score (nSPS) is 10.0. The van der Waals surface area contributed by atoms with Crippen LogP contribution in [0.4, 0.5) is 0 Å². The van der Waals surface area contributed by atoms with Crippen molar-refractivity contribution in [3.05, 3.63) is 59.7 Å². The van der Waals surface area contributed by atoms with Crippen LogP contribution in [0.1, 0.15) is 15.9 Å². The summed E-state index contributed by atoms with van der Waals surface area (Å²) >= 11 is 0. The van der Waals surface area contributed by atoms with Crippen LogP contribution in [0.15, 0.2) is 48.5 Å². The molecule has 0 unspecified atom stereocenters. The first-order valence-electron chi connectivity index (χ1n) is 7.55. The SMILES string of the molecule is COc1ccc(CC(=O)NCCNC(=O)c2cccc(O)c2)cc1. The van der Waals surface area contributed by atoms with Gasteiger partial charge in [0.05, 0.1) is 13.5 Å². The van der Waals surface area contributed by atoms with E-state index in [9.17, 15) is 14.7 Å². The molecule has 2 aromatic rings. The molecule has 3 N–H and O–H groups in total. The average Bonchev–Trinajstić information content (AvgIpc) is 2.59. The summed E-state index contributed by atoms with van der Waals surface area (Å²) in [6.45, 7) is 0.641. The van der Waals surface area contributed by atoms with Gasteiger partial charge in [-0.25, -0.2) is 0 Å². The van der Waals surface area contributed by atoms with E-state index in [0.29, 0.717) is 18.7 Å². The fraction of sp³-hybridized carbons (Fsp3) is 0.222. The Balaban J connectivity index is 1.69. The second kappa shape index (κ2) is 8.57. The van der Waals surface area contributed by atoms with Crippen molar-refractivity contribution in [3.63, 3.8) is 0 Å². The van der Waals surface area contributed by atoms with Gasteiger partial charge in [0.25, 0.3) is 5.91 Å². The maximum atomic E-state index is 11.8. The van der Waals surface area contributed by atoms with Gasteiger partial charge in [-0.15, -0.1) is 0 Å². The number of rotatable bonds is 7. The van der Waals surface area contributed by atoms with Crippen molar-refractivity contribution < 1.29 is 19.4 Å². The van der Waals surface area contributed by atoms with Gasteiger partial charge in [-0.1, -0.05) is 18.2 Å². The number of amides is 2. The molecule has 0 aromatic heterocycles. The maximum absolute atomic E-state index is 11.8. The molecule has 0 spiro atoms. The van der Waals surface area contributed by atoms with Crippen molar-refractivity contribution in [1.29, 1.82) is 0 Å². The Labute approximate surface area is 140 Å². The number of ether oxygens (including phenoxy) is 1. The van der Waals surface area contributed by atoms with E-state index in [1.165, 1.54) is 12.1 Å². The summed E-state index contributed by atoms with van der Waals surface area (Å²) in [4.78, 5) is 23.7. The van der Waals surface area contributed by atoms with Crippen LogP contribution in [-0.4, -0.2) is 37.1 Å². The lowest BCUT2D eigenvalue weighted by molar-refractivity contribution is -0.120. The first-order chi connectivity index (χ1) is 11.6. The van der Waals surface area contributed by atoms with E-state index >= 15 is 0 Å². The van der Waals surface area contributed by atoms with Crippen molar-refractivity contribution in [2.75, 3.05) is 20.2 Å². The second-order valence-corrected chi connectivity index (χ2v) is 5.18. The van der Waals surface area contributed by atoms with Crippen LogP contribution in [0, 0.1) is 0 Å². The molecule has 6 heteroatoms. The number of methoxy groups -OCH3 is 1. The van der Waals surface area contributed by atoms with Crippen LogP contribution in [-0.2, 0) is 11.2 Å². The molecule has 2 aromatic carbocycles. The highest BCUT2D eigenvalue weighted by molar-refractivity contribution is 5.94. The van der Waals surface area contributed by atoms with Gasteiger partial charge in [0.2, 0.25) is 5.91 Å². The van der Waals surface area contributed by atoms with Gasteiger partial charge in [-0.2, -0.15) is 0 Å². The highest BCUT2D eigenvalue weighted by atomic mass is 16.5. The third-order valence-electron chi connectivity index (χ3n) is 3.36. The van der Waals surface area contributed by atoms with Crippen LogP contribution >= 0.6 is 0 Å². The molecule has 0 aliphatic heterocycles. The van der Waals surface area contributed by atoms with Gasteiger partial charge in [0, 0.05) is 18.7 Å². The summed E-state index contributed by atoms with van der Waals surface area (Å²) < 4.78 is 5.06. The zero-order chi connectivity index (χ0) is 17.4. The lowest BCUT2D eigenvalue weighted by Gasteiger charge is -2.08. The molecular weight excluding hydrogens is 308 g/mol. The highest BCUT2D eigenvalue weighted by Gasteiger charge is 2.06. The first-order valence-corrected chi connectivity index (χ1v) is 7.55. The monoisotopic (exact) mass is 328 g/mol. The molecule has 0 saturated heterocycles. The van der Waals surface area contributed by atoms with E-state index in [1.54, 1.807) is 31.4 Å². The third kappa shape index (κ3) is 5.31. The van der Waals surface area contributed by atoms with Crippen LogP contribution in [0.5, 0.6) is 11.5 Å². The molecule has 6 nitrogen and oxygen atoms in total. The molecule has 2 rings (SSSR count). The highest BCUT2D eigenvalue weighted by Crippen LogP contribution is 2.11. The number of hydrogen-bond donors (Lipinski definition) is 3. The van der Waals surface area contributed by atoms with E-state index in [1.807, 2.05) is 12.1 Å². The lowest BCUT2D eigenvalue weighted by atomic mass is 10.1. The van der Waals surface area contributed by atoms with Crippen molar-refractivity contribution in [3.8, 4) is 11.5 Å². The summed E-state index contributed by atoms with van der Waals surface area (Å²) in [7, 11) is 1.59. The molecule has 0 aliphatic carbocycles. The Bertz CT molecular complexity index is 698. The minimum Gasteiger partial charge on any atom is -0.508 e. The average molecular weight is 328 g/mol. The molecule has 0 atom stereocenters. The van der Waals surface area contributed by atoms with Crippen LogP contribution in [0.2, 0.25) is 0 Å².